The Balaban J connectivity index is 1.63. The van der Waals surface area contributed by atoms with E-state index in [1.807, 2.05) is 83.4 Å². The van der Waals surface area contributed by atoms with Crippen LogP contribution >= 0.6 is 23.2 Å². The molecule has 0 aliphatic carbocycles. The van der Waals surface area contributed by atoms with Crippen LogP contribution in [0.25, 0.3) is 22.0 Å². The first-order valence-electron chi connectivity index (χ1n) is 11.4. The highest BCUT2D eigenvalue weighted by Gasteiger charge is 2.17. The second-order valence-corrected chi connectivity index (χ2v) is 9.35. The van der Waals surface area contributed by atoms with Gasteiger partial charge in [-0.3, -0.25) is 4.79 Å². The number of fused-ring (bicyclic) bond motifs is 1. The Bertz CT molecular complexity index is 1660. The summed E-state index contributed by atoms with van der Waals surface area (Å²) in [5.41, 5.74) is 4.68. The average molecular weight is 514 g/mol. The fraction of sp³-hybridized carbons (Fsp3) is 0.0667. The molecule has 0 atom stereocenters. The molecule has 5 rings (SSSR count). The standard InChI is InChI=1S/C30H21Cl2NO3/c31-26-12-6-10-21(28(26)32)15-19-13-14-27-24(16-19)29(34)25(30(35)36)18-33(27)17-22-9-4-5-11-23(22)20-7-2-1-3-8-20/h1-14,16,18H,15,17H2,(H,35,36). The summed E-state index contributed by atoms with van der Waals surface area (Å²) in [6.07, 6.45) is 1.89. The van der Waals surface area contributed by atoms with Gasteiger partial charge < -0.3 is 9.67 Å². The summed E-state index contributed by atoms with van der Waals surface area (Å²) in [4.78, 5) is 25.1. The van der Waals surface area contributed by atoms with Crippen molar-refractivity contribution in [2.45, 2.75) is 13.0 Å². The van der Waals surface area contributed by atoms with Crippen LogP contribution in [0.15, 0.2) is 102 Å². The van der Waals surface area contributed by atoms with Crippen molar-refractivity contribution in [1.82, 2.24) is 4.57 Å². The van der Waals surface area contributed by atoms with Crippen LogP contribution in [0.2, 0.25) is 10.0 Å². The van der Waals surface area contributed by atoms with Crippen molar-refractivity contribution in [1.29, 1.82) is 0 Å². The molecule has 178 valence electrons. The SMILES string of the molecule is O=C(O)c1cn(Cc2ccccc2-c2ccccc2)c2ccc(Cc3cccc(Cl)c3Cl)cc2c1=O. The summed E-state index contributed by atoms with van der Waals surface area (Å²) >= 11 is 12.5. The van der Waals surface area contributed by atoms with Gasteiger partial charge in [-0.25, -0.2) is 4.79 Å². The fourth-order valence-corrected chi connectivity index (χ4v) is 4.87. The summed E-state index contributed by atoms with van der Waals surface area (Å²) in [6, 6.07) is 29.0. The minimum absolute atomic E-state index is 0.266. The summed E-state index contributed by atoms with van der Waals surface area (Å²) < 4.78 is 1.83. The summed E-state index contributed by atoms with van der Waals surface area (Å²) in [5, 5.41) is 11.1. The van der Waals surface area contributed by atoms with Crippen molar-refractivity contribution in [2.24, 2.45) is 0 Å². The smallest absolute Gasteiger partial charge is 0.341 e. The van der Waals surface area contributed by atoms with Gasteiger partial charge in [0.15, 0.2) is 0 Å². The maximum Gasteiger partial charge on any atom is 0.341 e. The number of nitrogens with zero attached hydrogens (tertiary/aromatic N) is 1. The molecule has 5 aromatic rings. The molecule has 0 unspecified atom stereocenters. The Hall–Kier alpha value is -3.86. The number of carbonyl (C=O) groups is 1. The van der Waals surface area contributed by atoms with Crippen LogP contribution in [0.1, 0.15) is 27.0 Å². The highest BCUT2D eigenvalue weighted by molar-refractivity contribution is 6.42. The normalized spacial score (nSPS) is 11.1. The van der Waals surface area contributed by atoms with Gasteiger partial charge in [0.1, 0.15) is 5.56 Å². The molecule has 0 bridgehead atoms. The second-order valence-electron chi connectivity index (χ2n) is 8.57. The Kier molecular flexibility index (Phi) is 6.64. The van der Waals surface area contributed by atoms with E-state index in [0.717, 1.165) is 27.8 Å². The molecule has 36 heavy (non-hydrogen) atoms. The third-order valence-corrected chi connectivity index (χ3v) is 7.10. The molecule has 1 N–H and O–H groups in total. The van der Waals surface area contributed by atoms with Gasteiger partial charge in [0.25, 0.3) is 0 Å². The van der Waals surface area contributed by atoms with Gasteiger partial charge in [0.2, 0.25) is 5.43 Å². The third kappa shape index (κ3) is 4.66. The molecule has 0 saturated carbocycles. The average Bonchev–Trinajstić information content (AvgIpc) is 2.89. The molecule has 6 heteroatoms. The lowest BCUT2D eigenvalue weighted by Gasteiger charge is -2.16. The zero-order valence-corrected chi connectivity index (χ0v) is 20.6. The summed E-state index contributed by atoms with van der Waals surface area (Å²) in [6.45, 7) is 0.404. The van der Waals surface area contributed by atoms with Crippen LogP contribution in [-0.4, -0.2) is 15.6 Å². The minimum Gasteiger partial charge on any atom is -0.477 e. The van der Waals surface area contributed by atoms with E-state index in [9.17, 15) is 14.7 Å². The fourth-order valence-electron chi connectivity index (χ4n) is 4.48. The van der Waals surface area contributed by atoms with Gasteiger partial charge in [0.05, 0.1) is 15.6 Å². The van der Waals surface area contributed by atoms with Gasteiger partial charge >= 0.3 is 5.97 Å². The van der Waals surface area contributed by atoms with Gasteiger partial charge in [-0.2, -0.15) is 0 Å². The zero-order valence-electron chi connectivity index (χ0n) is 19.1. The Morgan fingerprint density at radius 3 is 2.33 bits per heavy atom. The first kappa shape index (κ1) is 23.9. The maximum atomic E-state index is 13.1. The van der Waals surface area contributed by atoms with Gasteiger partial charge in [-0.15, -0.1) is 0 Å². The Labute approximate surface area is 218 Å². The predicted octanol–water partition coefficient (Wildman–Crippen LogP) is 7.31. The van der Waals surface area contributed by atoms with E-state index < -0.39 is 11.4 Å². The monoisotopic (exact) mass is 513 g/mol. The molecule has 4 nitrogen and oxygen atoms in total. The number of hydrogen-bond donors (Lipinski definition) is 1. The third-order valence-electron chi connectivity index (χ3n) is 6.24. The second kappa shape index (κ2) is 10.0. The Morgan fingerprint density at radius 1 is 0.833 bits per heavy atom. The number of hydrogen-bond acceptors (Lipinski definition) is 2. The predicted molar refractivity (Wildman–Crippen MR) is 145 cm³/mol. The van der Waals surface area contributed by atoms with Crippen molar-refractivity contribution in [2.75, 3.05) is 0 Å². The topological polar surface area (TPSA) is 59.3 Å². The van der Waals surface area contributed by atoms with Crippen LogP contribution in [0, 0.1) is 0 Å². The molecule has 1 aromatic heterocycles. The molecule has 0 aliphatic rings. The number of pyridine rings is 1. The summed E-state index contributed by atoms with van der Waals surface area (Å²) in [5.74, 6) is -1.25. The van der Waals surface area contributed by atoms with Crippen molar-refractivity contribution in [3.8, 4) is 11.1 Å². The molecule has 0 amide bonds. The van der Waals surface area contributed by atoms with E-state index in [0.29, 0.717) is 33.9 Å². The van der Waals surface area contributed by atoms with Crippen LogP contribution in [-0.2, 0) is 13.0 Å². The van der Waals surface area contributed by atoms with E-state index in [2.05, 4.69) is 0 Å². The van der Waals surface area contributed by atoms with Crippen molar-refractivity contribution >= 4 is 40.1 Å². The lowest BCUT2D eigenvalue weighted by atomic mass is 9.99. The van der Waals surface area contributed by atoms with Crippen molar-refractivity contribution in [3.05, 3.63) is 140 Å². The van der Waals surface area contributed by atoms with Crippen LogP contribution < -0.4 is 5.43 Å². The molecular formula is C30H21Cl2NO3. The molecule has 4 aromatic carbocycles. The molecule has 0 fully saturated rings. The summed E-state index contributed by atoms with van der Waals surface area (Å²) in [7, 11) is 0. The largest absolute Gasteiger partial charge is 0.477 e. The van der Waals surface area contributed by atoms with Crippen LogP contribution in [0.5, 0.6) is 0 Å². The van der Waals surface area contributed by atoms with Gasteiger partial charge in [-0.1, -0.05) is 96.0 Å². The van der Waals surface area contributed by atoms with E-state index in [-0.39, 0.29) is 5.56 Å². The van der Waals surface area contributed by atoms with E-state index in [1.54, 1.807) is 12.1 Å². The van der Waals surface area contributed by atoms with Crippen LogP contribution in [0.3, 0.4) is 0 Å². The number of rotatable bonds is 6. The molecule has 0 radical (unpaired) electrons. The van der Waals surface area contributed by atoms with Gasteiger partial charge in [-0.05, 0) is 52.4 Å². The first-order valence-corrected chi connectivity index (χ1v) is 12.1. The molecular weight excluding hydrogens is 493 g/mol. The van der Waals surface area contributed by atoms with E-state index >= 15 is 0 Å². The minimum atomic E-state index is -1.25. The molecule has 0 spiro atoms. The highest BCUT2D eigenvalue weighted by atomic mass is 35.5. The molecule has 1 heterocycles. The maximum absolute atomic E-state index is 13.1. The number of halogens is 2. The molecule has 0 aliphatic heterocycles. The zero-order chi connectivity index (χ0) is 25.2. The van der Waals surface area contributed by atoms with E-state index in [1.165, 1.54) is 6.20 Å². The highest BCUT2D eigenvalue weighted by Crippen LogP contribution is 2.29. The molecule has 0 saturated heterocycles. The van der Waals surface area contributed by atoms with Crippen LogP contribution in [0.4, 0.5) is 0 Å². The van der Waals surface area contributed by atoms with Crippen molar-refractivity contribution < 1.29 is 9.90 Å². The number of benzene rings is 4. The first-order chi connectivity index (χ1) is 17.4. The van der Waals surface area contributed by atoms with E-state index in [4.69, 9.17) is 23.2 Å². The lowest BCUT2D eigenvalue weighted by molar-refractivity contribution is 0.0695. The number of carboxylic acids is 1. The quantitative estimate of drug-likeness (QED) is 0.259. The lowest BCUT2D eigenvalue weighted by Crippen LogP contribution is -2.19. The number of carboxylic acid groups (broad SMARTS) is 1. The Morgan fingerprint density at radius 2 is 1.56 bits per heavy atom. The van der Waals surface area contributed by atoms with Crippen molar-refractivity contribution in [3.63, 3.8) is 0 Å². The van der Waals surface area contributed by atoms with Gasteiger partial charge in [0, 0.05) is 18.1 Å². The number of aromatic nitrogens is 1. The number of aromatic carboxylic acids is 1.